The molecule has 1 heterocycles. The van der Waals surface area contributed by atoms with E-state index in [-0.39, 0.29) is 5.56 Å². The second-order valence-corrected chi connectivity index (χ2v) is 4.54. The topological polar surface area (TPSA) is 55.0 Å². The van der Waals surface area contributed by atoms with Crippen molar-refractivity contribution in [2.24, 2.45) is 0 Å². The molecule has 0 aliphatic carbocycles. The molecule has 15 heavy (non-hydrogen) atoms. The van der Waals surface area contributed by atoms with E-state index in [0.717, 1.165) is 5.69 Å². The molecule has 0 aliphatic heterocycles. The monoisotopic (exact) mass is 274 g/mol. The molecule has 1 rings (SSSR count). The molecule has 0 aliphatic rings. The van der Waals surface area contributed by atoms with Gasteiger partial charge in [0.2, 0.25) is 0 Å². The molecule has 0 unspecified atom stereocenters. The largest absolute Gasteiger partial charge is 0.371 e. The summed E-state index contributed by atoms with van der Waals surface area (Å²) < 4.78 is 5.77. The molecule has 4 nitrogen and oxygen atoms in total. The maximum absolute atomic E-state index is 11.6. The van der Waals surface area contributed by atoms with Crippen LogP contribution in [0.25, 0.3) is 0 Å². The lowest BCUT2D eigenvalue weighted by atomic mass is 10.1. The van der Waals surface area contributed by atoms with Gasteiger partial charge >= 0.3 is 0 Å². The number of nitrogens with zero attached hydrogens (tertiary/aromatic N) is 1. The Bertz CT molecular complexity index is 412. The molecule has 1 aromatic rings. The first kappa shape index (κ1) is 12.4. The van der Waals surface area contributed by atoms with Crippen LogP contribution in [0.5, 0.6) is 0 Å². The summed E-state index contributed by atoms with van der Waals surface area (Å²) >= 11 is 3.22. The van der Waals surface area contributed by atoms with Crippen LogP contribution in [-0.2, 0) is 16.8 Å². The van der Waals surface area contributed by atoms with Gasteiger partial charge in [-0.3, -0.25) is 4.79 Å². The van der Waals surface area contributed by atoms with Crippen LogP contribution in [0.15, 0.2) is 9.27 Å². The summed E-state index contributed by atoms with van der Waals surface area (Å²) in [5.41, 5.74) is 0.00454. The SMILES string of the molecule is CCc1nc(C(C)(C)OC)[nH]c(=O)c1Br. The maximum atomic E-state index is 11.6. The fraction of sp³-hybridized carbons (Fsp3) is 0.600. The number of aryl methyl sites for hydroxylation is 1. The highest BCUT2D eigenvalue weighted by Gasteiger charge is 2.24. The summed E-state index contributed by atoms with van der Waals surface area (Å²) in [5.74, 6) is 0.551. The van der Waals surface area contributed by atoms with Crippen molar-refractivity contribution in [3.05, 3.63) is 26.3 Å². The second-order valence-electron chi connectivity index (χ2n) is 3.74. The average molecular weight is 275 g/mol. The van der Waals surface area contributed by atoms with Gasteiger partial charge in [-0.15, -0.1) is 0 Å². The average Bonchev–Trinajstić information content (AvgIpc) is 2.21. The van der Waals surface area contributed by atoms with Crippen molar-refractivity contribution >= 4 is 15.9 Å². The van der Waals surface area contributed by atoms with Crippen LogP contribution >= 0.6 is 15.9 Å². The molecular formula is C10H15BrN2O2. The number of ether oxygens (including phenoxy) is 1. The maximum Gasteiger partial charge on any atom is 0.265 e. The van der Waals surface area contributed by atoms with E-state index in [1.54, 1.807) is 7.11 Å². The van der Waals surface area contributed by atoms with Crippen molar-refractivity contribution in [2.75, 3.05) is 7.11 Å². The zero-order chi connectivity index (χ0) is 11.6. The van der Waals surface area contributed by atoms with Crippen LogP contribution in [0, 0.1) is 0 Å². The fourth-order valence-electron chi connectivity index (χ4n) is 1.12. The Kier molecular flexibility index (Phi) is 3.67. The van der Waals surface area contributed by atoms with E-state index in [1.165, 1.54) is 0 Å². The van der Waals surface area contributed by atoms with Crippen LogP contribution in [0.3, 0.4) is 0 Å². The lowest BCUT2D eigenvalue weighted by Gasteiger charge is -2.22. The van der Waals surface area contributed by atoms with Crippen LogP contribution in [0.4, 0.5) is 0 Å². The van der Waals surface area contributed by atoms with E-state index >= 15 is 0 Å². The number of methoxy groups -OCH3 is 1. The molecule has 1 aromatic heterocycles. The Labute approximate surface area is 97.2 Å². The summed E-state index contributed by atoms with van der Waals surface area (Å²) in [7, 11) is 1.59. The predicted molar refractivity (Wildman–Crippen MR) is 62.0 cm³/mol. The number of hydrogen-bond donors (Lipinski definition) is 1. The lowest BCUT2D eigenvalue weighted by molar-refractivity contribution is 0.0110. The number of aromatic nitrogens is 2. The van der Waals surface area contributed by atoms with E-state index in [1.807, 2.05) is 20.8 Å². The Hall–Kier alpha value is -0.680. The number of rotatable bonds is 3. The summed E-state index contributed by atoms with van der Waals surface area (Å²) in [6.07, 6.45) is 0.706. The third-order valence-corrected chi connectivity index (χ3v) is 3.16. The van der Waals surface area contributed by atoms with Gasteiger partial charge in [0.1, 0.15) is 15.9 Å². The van der Waals surface area contributed by atoms with Crippen molar-refractivity contribution in [2.45, 2.75) is 32.8 Å². The van der Waals surface area contributed by atoms with Crippen molar-refractivity contribution in [1.29, 1.82) is 0 Å². The zero-order valence-corrected chi connectivity index (χ0v) is 10.9. The molecule has 1 N–H and O–H groups in total. The van der Waals surface area contributed by atoms with Gasteiger partial charge in [0, 0.05) is 7.11 Å². The van der Waals surface area contributed by atoms with E-state index in [0.29, 0.717) is 16.7 Å². The van der Waals surface area contributed by atoms with Crippen LogP contribution < -0.4 is 5.56 Å². The molecule has 0 fully saturated rings. The van der Waals surface area contributed by atoms with Crippen molar-refractivity contribution < 1.29 is 4.74 Å². The standard InChI is InChI=1S/C10H15BrN2O2/c1-5-6-7(11)8(14)13-9(12-6)10(2,3)15-4/h5H2,1-4H3,(H,12,13,14). The highest BCUT2D eigenvalue weighted by molar-refractivity contribution is 9.10. The van der Waals surface area contributed by atoms with E-state index < -0.39 is 5.60 Å². The minimum atomic E-state index is -0.580. The van der Waals surface area contributed by atoms with Gasteiger partial charge in [-0.2, -0.15) is 0 Å². The van der Waals surface area contributed by atoms with Gasteiger partial charge in [0.25, 0.3) is 5.56 Å². The van der Waals surface area contributed by atoms with Gasteiger partial charge in [0.05, 0.1) is 5.69 Å². The quantitative estimate of drug-likeness (QED) is 0.917. The smallest absolute Gasteiger partial charge is 0.265 e. The van der Waals surface area contributed by atoms with Crippen LogP contribution in [-0.4, -0.2) is 17.1 Å². The highest BCUT2D eigenvalue weighted by Crippen LogP contribution is 2.20. The van der Waals surface area contributed by atoms with E-state index in [9.17, 15) is 4.79 Å². The molecule has 0 atom stereocenters. The molecular weight excluding hydrogens is 260 g/mol. The van der Waals surface area contributed by atoms with Crippen molar-refractivity contribution in [3.8, 4) is 0 Å². The predicted octanol–water partition coefficient (Wildman–Crippen LogP) is 1.98. The highest BCUT2D eigenvalue weighted by atomic mass is 79.9. The normalized spacial score (nSPS) is 11.8. The second kappa shape index (κ2) is 4.45. The van der Waals surface area contributed by atoms with Crippen molar-refractivity contribution in [3.63, 3.8) is 0 Å². The Morgan fingerprint density at radius 1 is 1.53 bits per heavy atom. The van der Waals surface area contributed by atoms with E-state index in [2.05, 4.69) is 25.9 Å². The van der Waals surface area contributed by atoms with Gasteiger partial charge in [-0.1, -0.05) is 6.92 Å². The first-order valence-corrected chi connectivity index (χ1v) is 5.56. The molecule has 0 amide bonds. The van der Waals surface area contributed by atoms with Gasteiger partial charge < -0.3 is 9.72 Å². The minimum absolute atomic E-state index is 0.165. The Morgan fingerprint density at radius 3 is 2.60 bits per heavy atom. The number of hydrogen-bond acceptors (Lipinski definition) is 3. The zero-order valence-electron chi connectivity index (χ0n) is 9.35. The number of aromatic amines is 1. The summed E-state index contributed by atoms with van der Waals surface area (Å²) in [4.78, 5) is 18.7. The first-order chi connectivity index (χ1) is 6.92. The molecule has 0 saturated carbocycles. The molecule has 0 aromatic carbocycles. The number of nitrogens with one attached hydrogen (secondary N) is 1. The lowest BCUT2D eigenvalue weighted by Crippen LogP contribution is -2.28. The third kappa shape index (κ3) is 2.46. The number of H-pyrrole nitrogens is 1. The third-order valence-electron chi connectivity index (χ3n) is 2.35. The van der Waals surface area contributed by atoms with Crippen molar-refractivity contribution in [1.82, 2.24) is 9.97 Å². The molecule has 0 bridgehead atoms. The van der Waals surface area contributed by atoms with E-state index in [4.69, 9.17) is 4.74 Å². The molecule has 84 valence electrons. The fourth-order valence-corrected chi connectivity index (χ4v) is 1.59. The van der Waals surface area contributed by atoms with Crippen LogP contribution in [0.1, 0.15) is 32.3 Å². The van der Waals surface area contributed by atoms with Gasteiger partial charge in [-0.25, -0.2) is 4.98 Å². The number of halogens is 1. The summed E-state index contributed by atoms with van der Waals surface area (Å²) in [6, 6.07) is 0. The minimum Gasteiger partial charge on any atom is -0.371 e. The Balaban J connectivity index is 3.35. The molecule has 0 spiro atoms. The summed E-state index contributed by atoms with van der Waals surface area (Å²) in [5, 5.41) is 0. The Morgan fingerprint density at radius 2 is 2.13 bits per heavy atom. The first-order valence-electron chi connectivity index (χ1n) is 4.76. The molecule has 5 heteroatoms. The van der Waals surface area contributed by atoms with Gasteiger partial charge in [-0.05, 0) is 36.2 Å². The summed E-state index contributed by atoms with van der Waals surface area (Å²) in [6.45, 7) is 5.67. The van der Waals surface area contributed by atoms with Crippen LogP contribution in [0.2, 0.25) is 0 Å². The van der Waals surface area contributed by atoms with Gasteiger partial charge in [0.15, 0.2) is 0 Å². The molecule has 0 saturated heterocycles. The molecule has 0 radical (unpaired) electrons.